The highest BCUT2D eigenvalue weighted by atomic mass is 16.6. The molecule has 1 heterocycles. The van der Waals surface area contributed by atoms with E-state index in [1.807, 2.05) is 0 Å². The molecule has 19 heavy (non-hydrogen) atoms. The third-order valence-corrected chi connectivity index (χ3v) is 6.14. The summed E-state index contributed by atoms with van der Waals surface area (Å²) in [6, 6.07) is 0. The van der Waals surface area contributed by atoms with Crippen molar-refractivity contribution < 1.29 is 19.7 Å². The number of fused-ring (bicyclic) bond motifs is 3. The van der Waals surface area contributed by atoms with Gasteiger partial charge in [0.2, 0.25) is 0 Å². The van der Waals surface area contributed by atoms with E-state index in [0.29, 0.717) is 0 Å². The number of hydrogen-bond acceptors (Lipinski definition) is 4. The first-order valence-corrected chi connectivity index (χ1v) is 7.39. The van der Waals surface area contributed by atoms with Crippen molar-refractivity contribution in [2.75, 3.05) is 0 Å². The van der Waals surface area contributed by atoms with E-state index in [-0.39, 0.29) is 35.4 Å². The zero-order valence-electron chi connectivity index (χ0n) is 11.9. The van der Waals surface area contributed by atoms with Crippen LogP contribution in [0.25, 0.3) is 0 Å². The van der Waals surface area contributed by atoms with Crippen LogP contribution < -0.4 is 0 Å². The van der Waals surface area contributed by atoms with Crippen molar-refractivity contribution in [3.8, 4) is 0 Å². The molecule has 0 aromatic carbocycles. The molecule has 0 radical (unpaired) electrons. The molecule has 0 aromatic rings. The zero-order chi connectivity index (χ0) is 14.0. The lowest BCUT2D eigenvalue weighted by molar-refractivity contribution is -0.161. The van der Waals surface area contributed by atoms with E-state index >= 15 is 0 Å². The molecule has 1 saturated heterocycles. The van der Waals surface area contributed by atoms with E-state index in [1.165, 1.54) is 0 Å². The summed E-state index contributed by atoms with van der Waals surface area (Å²) in [6.07, 6.45) is 3.09. The van der Waals surface area contributed by atoms with E-state index in [1.54, 1.807) is 6.92 Å². The van der Waals surface area contributed by atoms with Crippen LogP contribution in [-0.4, -0.2) is 34.0 Å². The molecular weight excluding hydrogens is 244 g/mol. The third-order valence-electron chi connectivity index (χ3n) is 6.14. The van der Waals surface area contributed by atoms with Gasteiger partial charge in [0.1, 0.15) is 6.10 Å². The molecule has 1 aliphatic heterocycles. The highest BCUT2D eigenvalue weighted by Crippen LogP contribution is 2.58. The van der Waals surface area contributed by atoms with Crippen molar-refractivity contribution in [3.05, 3.63) is 0 Å². The number of carbonyl (C=O) groups is 1. The van der Waals surface area contributed by atoms with Gasteiger partial charge in [0.25, 0.3) is 0 Å². The van der Waals surface area contributed by atoms with Gasteiger partial charge in [0.15, 0.2) is 5.60 Å². The molecule has 2 saturated carbocycles. The fourth-order valence-electron chi connectivity index (χ4n) is 4.82. The highest BCUT2D eigenvalue weighted by Gasteiger charge is 2.63. The predicted octanol–water partition coefficient (Wildman–Crippen LogP) is 1.49. The second kappa shape index (κ2) is 3.95. The maximum atomic E-state index is 11.9. The van der Waals surface area contributed by atoms with Crippen molar-refractivity contribution in [2.24, 2.45) is 23.2 Å². The first-order chi connectivity index (χ1) is 8.77. The lowest BCUT2D eigenvalue weighted by Crippen LogP contribution is -2.55. The summed E-state index contributed by atoms with van der Waals surface area (Å²) in [5, 5.41) is 20.5. The summed E-state index contributed by atoms with van der Waals surface area (Å²) in [5.74, 6) is -0.328. The van der Waals surface area contributed by atoms with Crippen LogP contribution in [-0.2, 0) is 9.53 Å². The lowest BCUT2D eigenvalue weighted by Gasteiger charge is -2.54. The van der Waals surface area contributed by atoms with Crippen LogP contribution >= 0.6 is 0 Å². The van der Waals surface area contributed by atoms with Gasteiger partial charge >= 0.3 is 5.97 Å². The Morgan fingerprint density at radius 2 is 1.89 bits per heavy atom. The molecule has 0 amide bonds. The molecule has 7 atom stereocenters. The van der Waals surface area contributed by atoms with Gasteiger partial charge in [0.05, 0.1) is 6.10 Å². The second-order valence-corrected chi connectivity index (χ2v) is 7.31. The first kappa shape index (κ1) is 13.4. The summed E-state index contributed by atoms with van der Waals surface area (Å²) in [4.78, 5) is 11.9. The van der Waals surface area contributed by atoms with Crippen molar-refractivity contribution in [1.82, 2.24) is 0 Å². The minimum atomic E-state index is -1.35. The van der Waals surface area contributed by atoms with E-state index in [4.69, 9.17) is 4.74 Å². The standard InChI is InChI=1S/C15H24O4/c1-8-10(16)5-7-14(2)6-4-9-12(11(8)14)19-13(17)15(9,3)18/h8-12,16,18H,4-7H2,1-3H3/t8-,9-,10+,11-,12+,14+,15-/m1/s1. The Balaban J connectivity index is 1.97. The van der Waals surface area contributed by atoms with Crippen molar-refractivity contribution >= 4 is 5.97 Å². The number of carbonyl (C=O) groups excluding carboxylic acids is 1. The second-order valence-electron chi connectivity index (χ2n) is 7.31. The molecule has 4 nitrogen and oxygen atoms in total. The summed E-state index contributed by atoms with van der Waals surface area (Å²) in [5.41, 5.74) is -1.23. The van der Waals surface area contributed by atoms with Crippen molar-refractivity contribution in [2.45, 2.75) is 64.3 Å². The van der Waals surface area contributed by atoms with Crippen molar-refractivity contribution in [1.29, 1.82) is 0 Å². The molecule has 0 aromatic heterocycles. The van der Waals surface area contributed by atoms with E-state index < -0.39 is 11.6 Å². The summed E-state index contributed by atoms with van der Waals surface area (Å²) >= 11 is 0. The fourth-order valence-corrected chi connectivity index (χ4v) is 4.82. The fraction of sp³-hybridized carbons (Fsp3) is 0.933. The molecular formula is C15H24O4. The minimum absolute atomic E-state index is 0.119. The molecule has 4 heteroatoms. The average molecular weight is 268 g/mol. The Kier molecular flexibility index (Phi) is 2.78. The summed E-state index contributed by atoms with van der Waals surface area (Å²) in [6.45, 7) is 5.87. The van der Waals surface area contributed by atoms with Crippen LogP contribution in [0.4, 0.5) is 0 Å². The van der Waals surface area contributed by atoms with Crippen LogP contribution in [0.5, 0.6) is 0 Å². The van der Waals surface area contributed by atoms with E-state index in [2.05, 4.69) is 13.8 Å². The number of hydrogen-bond donors (Lipinski definition) is 2. The van der Waals surface area contributed by atoms with E-state index in [9.17, 15) is 15.0 Å². The number of aliphatic hydroxyl groups excluding tert-OH is 1. The van der Waals surface area contributed by atoms with Gasteiger partial charge in [-0.3, -0.25) is 0 Å². The number of ether oxygens (including phenoxy) is 1. The van der Waals surface area contributed by atoms with Crippen LogP contribution in [0.15, 0.2) is 0 Å². The average Bonchev–Trinajstić information content (AvgIpc) is 2.55. The molecule has 0 bridgehead atoms. The minimum Gasteiger partial charge on any atom is -0.459 e. The van der Waals surface area contributed by atoms with Gasteiger partial charge in [-0.15, -0.1) is 0 Å². The molecule has 3 rings (SSSR count). The molecule has 0 spiro atoms. The Morgan fingerprint density at radius 3 is 2.58 bits per heavy atom. The van der Waals surface area contributed by atoms with Gasteiger partial charge in [-0.2, -0.15) is 0 Å². The molecule has 108 valence electrons. The normalized spacial score (nSPS) is 57.3. The van der Waals surface area contributed by atoms with Crippen LogP contribution in [0.3, 0.4) is 0 Å². The topological polar surface area (TPSA) is 66.8 Å². The number of aliphatic hydroxyl groups is 2. The maximum absolute atomic E-state index is 11.9. The maximum Gasteiger partial charge on any atom is 0.338 e. The molecule has 3 aliphatic rings. The van der Waals surface area contributed by atoms with Gasteiger partial charge in [-0.1, -0.05) is 13.8 Å². The van der Waals surface area contributed by atoms with Gasteiger partial charge in [-0.05, 0) is 43.9 Å². The Morgan fingerprint density at radius 1 is 1.26 bits per heavy atom. The number of rotatable bonds is 0. The molecule has 2 N–H and O–H groups in total. The zero-order valence-corrected chi connectivity index (χ0v) is 11.9. The smallest absolute Gasteiger partial charge is 0.338 e. The Bertz CT molecular complexity index is 405. The van der Waals surface area contributed by atoms with E-state index in [0.717, 1.165) is 25.7 Å². The lowest BCUT2D eigenvalue weighted by atomic mass is 9.52. The first-order valence-electron chi connectivity index (χ1n) is 7.39. The van der Waals surface area contributed by atoms with Crippen LogP contribution in [0.1, 0.15) is 46.5 Å². The summed E-state index contributed by atoms with van der Waals surface area (Å²) < 4.78 is 5.53. The summed E-state index contributed by atoms with van der Waals surface area (Å²) in [7, 11) is 0. The Labute approximate surface area is 114 Å². The monoisotopic (exact) mass is 268 g/mol. The van der Waals surface area contributed by atoms with Gasteiger partial charge < -0.3 is 14.9 Å². The van der Waals surface area contributed by atoms with Gasteiger partial charge in [0, 0.05) is 11.8 Å². The van der Waals surface area contributed by atoms with Crippen LogP contribution in [0, 0.1) is 23.2 Å². The third kappa shape index (κ3) is 1.69. The highest BCUT2D eigenvalue weighted by molar-refractivity contribution is 5.81. The van der Waals surface area contributed by atoms with Gasteiger partial charge in [-0.25, -0.2) is 4.79 Å². The predicted molar refractivity (Wildman–Crippen MR) is 69.2 cm³/mol. The molecule has 3 fully saturated rings. The number of esters is 1. The Hall–Kier alpha value is -0.610. The largest absolute Gasteiger partial charge is 0.459 e. The quantitative estimate of drug-likeness (QED) is 0.653. The molecule has 2 aliphatic carbocycles. The molecule has 0 unspecified atom stereocenters. The van der Waals surface area contributed by atoms with Crippen LogP contribution in [0.2, 0.25) is 0 Å². The SMILES string of the molecule is C[C@H]1[C@@H]2[C@H]3OC(=O)[C@](C)(O)[C@@H]3CC[C@@]2(C)CC[C@@H]1O. The van der Waals surface area contributed by atoms with Crippen molar-refractivity contribution in [3.63, 3.8) is 0 Å².